The summed E-state index contributed by atoms with van der Waals surface area (Å²) in [4.78, 5) is 4.20. The Balaban J connectivity index is 2.15. The number of aromatic nitrogens is 1. The molecule has 2 nitrogen and oxygen atoms in total. The Morgan fingerprint density at radius 3 is 2.35 bits per heavy atom. The number of benzene rings is 1. The minimum Gasteiger partial charge on any atom is -0.316 e. The third-order valence-corrected chi connectivity index (χ3v) is 3.90. The van der Waals surface area contributed by atoms with Gasteiger partial charge in [-0.15, -0.1) is 0 Å². The Hall–Kier alpha value is -1.67. The third kappa shape index (κ3) is 3.67. The fourth-order valence-corrected chi connectivity index (χ4v) is 2.86. The van der Waals surface area contributed by atoms with Crippen LogP contribution in [0.15, 0.2) is 36.7 Å². The molecule has 20 heavy (non-hydrogen) atoms. The summed E-state index contributed by atoms with van der Waals surface area (Å²) in [7, 11) is 2.04. The van der Waals surface area contributed by atoms with Gasteiger partial charge in [0.15, 0.2) is 0 Å². The molecule has 0 aliphatic heterocycles. The van der Waals surface area contributed by atoms with Crippen LogP contribution in [0.1, 0.15) is 27.8 Å². The summed E-state index contributed by atoms with van der Waals surface area (Å²) >= 11 is 0. The van der Waals surface area contributed by atoms with Crippen LogP contribution in [0.25, 0.3) is 0 Å². The van der Waals surface area contributed by atoms with E-state index in [1.54, 1.807) is 0 Å². The van der Waals surface area contributed by atoms with Crippen molar-refractivity contribution < 1.29 is 0 Å². The highest BCUT2D eigenvalue weighted by Crippen LogP contribution is 2.19. The quantitative estimate of drug-likeness (QED) is 0.899. The van der Waals surface area contributed by atoms with Gasteiger partial charge in [0.05, 0.1) is 0 Å². The van der Waals surface area contributed by atoms with E-state index in [4.69, 9.17) is 0 Å². The molecule has 2 heteroatoms. The van der Waals surface area contributed by atoms with Gasteiger partial charge in [0.25, 0.3) is 0 Å². The molecule has 0 aliphatic carbocycles. The van der Waals surface area contributed by atoms with E-state index in [1.165, 1.54) is 27.8 Å². The first-order valence-corrected chi connectivity index (χ1v) is 7.23. The van der Waals surface area contributed by atoms with Crippen molar-refractivity contribution in [2.45, 2.75) is 39.7 Å². The molecule has 0 amide bonds. The highest BCUT2D eigenvalue weighted by molar-refractivity contribution is 5.38. The summed E-state index contributed by atoms with van der Waals surface area (Å²) in [5.74, 6) is 0. The molecular formula is C18H24N2. The molecule has 2 rings (SSSR count). The number of aryl methyl sites for hydroxylation is 3. The Morgan fingerprint density at radius 2 is 1.80 bits per heavy atom. The van der Waals surface area contributed by atoms with Crippen LogP contribution in [-0.2, 0) is 12.8 Å². The van der Waals surface area contributed by atoms with E-state index < -0.39 is 0 Å². The summed E-state index contributed by atoms with van der Waals surface area (Å²) in [5, 5.41) is 3.44. The van der Waals surface area contributed by atoms with E-state index in [9.17, 15) is 0 Å². The topological polar surface area (TPSA) is 24.9 Å². The van der Waals surface area contributed by atoms with Crippen molar-refractivity contribution in [2.24, 2.45) is 0 Å². The van der Waals surface area contributed by atoms with Gasteiger partial charge in [-0.2, -0.15) is 0 Å². The highest BCUT2D eigenvalue weighted by atomic mass is 14.9. The molecule has 0 fully saturated rings. The molecule has 1 atom stereocenters. The maximum Gasteiger partial charge on any atom is 0.0300 e. The summed E-state index contributed by atoms with van der Waals surface area (Å²) in [6.07, 6.45) is 5.85. The van der Waals surface area contributed by atoms with E-state index >= 15 is 0 Å². The number of likely N-dealkylation sites (N-methyl/N-ethyl adjacent to an activating group) is 1. The van der Waals surface area contributed by atoms with Crippen LogP contribution in [0.5, 0.6) is 0 Å². The first-order valence-electron chi connectivity index (χ1n) is 7.23. The van der Waals surface area contributed by atoms with Crippen molar-refractivity contribution in [3.8, 4) is 0 Å². The van der Waals surface area contributed by atoms with Crippen molar-refractivity contribution in [3.63, 3.8) is 0 Å². The van der Waals surface area contributed by atoms with Crippen LogP contribution >= 0.6 is 0 Å². The Morgan fingerprint density at radius 1 is 1.10 bits per heavy atom. The van der Waals surface area contributed by atoms with Crippen LogP contribution in [0.2, 0.25) is 0 Å². The number of hydrogen-bond donors (Lipinski definition) is 1. The van der Waals surface area contributed by atoms with E-state index in [0.29, 0.717) is 6.04 Å². The van der Waals surface area contributed by atoms with Crippen molar-refractivity contribution >= 4 is 0 Å². The number of nitrogens with zero attached hydrogens (tertiary/aromatic N) is 1. The normalized spacial score (nSPS) is 12.4. The molecule has 2 aromatic rings. The van der Waals surface area contributed by atoms with Gasteiger partial charge in [-0.1, -0.05) is 23.8 Å². The molecule has 0 aliphatic rings. The minimum absolute atomic E-state index is 0.444. The van der Waals surface area contributed by atoms with Gasteiger partial charge < -0.3 is 5.32 Å². The molecule has 0 bridgehead atoms. The average molecular weight is 268 g/mol. The van der Waals surface area contributed by atoms with Gasteiger partial charge in [0.1, 0.15) is 0 Å². The number of rotatable bonds is 5. The standard InChI is InChI=1S/C18H24N2/c1-13-8-14(2)18(15(3)9-13)11-17(19-4)10-16-6-5-7-20-12-16/h5-9,12,17,19H,10-11H2,1-4H3. The second-order valence-electron chi connectivity index (χ2n) is 5.63. The Bertz CT molecular complexity index is 538. The summed E-state index contributed by atoms with van der Waals surface area (Å²) in [5.41, 5.74) is 6.90. The van der Waals surface area contributed by atoms with Crippen LogP contribution in [-0.4, -0.2) is 18.1 Å². The lowest BCUT2D eigenvalue weighted by molar-refractivity contribution is 0.553. The molecule has 0 spiro atoms. The number of pyridine rings is 1. The lowest BCUT2D eigenvalue weighted by atomic mass is 9.92. The lowest BCUT2D eigenvalue weighted by Crippen LogP contribution is -2.30. The van der Waals surface area contributed by atoms with Gasteiger partial charge in [-0.3, -0.25) is 4.98 Å². The van der Waals surface area contributed by atoms with E-state index in [0.717, 1.165) is 12.8 Å². The largest absolute Gasteiger partial charge is 0.316 e. The first kappa shape index (κ1) is 14.7. The van der Waals surface area contributed by atoms with Crippen LogP contribution in [0, 0.1) is 20.8 Å². The summed E-state index contributed by atoms with van der Waals surface area (Å²) in [6.45, 7) is 6.59. The summed E-state index contributed by atoms with van der Waals surface area (Å²) in [6, 6.07) is 9.15. The molecule has 0 saturated carbocycles. The Kier molecular flexibility index (Phi) is 4.91. The predicted molar refractivity (Wildman–Crippen MR) is 85.1 cm³/mol. The van der Waals surface area contributed by atoms with Crippen molar-refractivity contribution in [1.82, 2.24) is 10.3 Å². The second-order valence-corrected chi connectivity index (χ2v) is 5.63. The highest BCUT2D eigenvalue weighted by Gasteiger charge is 2.12. The maximum atomic E-state index is 4.20. The Labute approximate surface area is 122 Å². The zero-order valence-corrected chi connectivity index (χ0v) is 12.9. The van der Waals surface area contributed by atoms with Gasteiger partial charge >= 0.3 is 0 Å². The zero-order valence-electron chi connectivity index (χ0n) is 12.9. The lowest BCUT2D eigenvalue weighted by Gasteiger charge is -2.19. The summed E-state index contributed by atoms with van der Waals surface area (Å²) < 4.78 is 0. The van der Waals surface area contributed by atoms with E-state index in [2.05, 4.69) is 49.3 Å². The maximum absolute atomic E-state index is 4.20. The average Bonchev–Trinajstić information content (AvgIpc) is 2.42. The van der Waals surface area contributed by atoms with Gasteiger partial charge in [-0.05, 0) is 69.0 Å². The fraction of sp³-hybridized carbons (Fsp3) is 0.389. The second kappa shape index (κ2) is 6.67. The SMILES string of the molecule is CNC(Cc1cccnc1)Cc1c(C)cc(C)cc1C. The van der Waals surface area contributed by atoms with E-state index in [1.807, 2.05) is 25.5 Å². The third-order valence-electron chi connectivity index (χ3n) is 3.90. The predicted octanol–water partition coefficient (Wildman–Crippen LogP) is 3.38. The molecule has 1 unspecified atom stereocenters. The first-order chi connectivity index (χ1) is 9.60. The zero-order chi connectivity index (χ0) is 14.5. The molecule has 1 aromatic carbocycles. The van der Waals surface area contributed by atoms with Gasteiger partial charge in [0, 0.05) is 18.4 Å². The monoisotopic (exact) mass is 268 g/mol. The smallest absolute Gasteiger partial charge is 0.0300 e. The van der Waals surface area contributed by atoms with Crippen molar-refractivity contribution in [1.29, 1.82) is 0 Å². The minimum atomic E-state index is 0.444. The fourth-order valence-electron chi connectivity index (χ4n) is 2.86. The molecule has 1 N–H and O–H groups in total. The molecular weight excluding hydrogens is 244 g/mol. The number of nitrogens with one attached hydrogen (secondary N) is 1. The molecule has 1 heterocycles. The molecule has 0 radical (unpaired) electrons. The van der Waals surface area contributed by atoms with Crippen molar-refractivity contribution in [2.75, 3.05) is 7.05 Å². The van der Waals surface area contributed by atoms with Crippen LogP contribution in [0.4, 0.5) is 0 Å². The van der Waals surface area contributed by atoms with Crippen LogP contribution < -0.4 is 5.32 Å². The van der Waals surface area contributed by atoms with E-state index in [-0.39, 0.29) is 0 Å². The molecule has 106 valence electrons. The van der Waals surface area contributed by atoms with Crippen molar-refractivity contribution in [3.05, 3.63) is 64.5 Å². The molecule has 1 aromatic heterocycles. The van der Waals surface area contributed by atoms with Crippen LogP contribution in [0.3, 0.4) is 0 Å². The van der Waals surface area contributed by atoms with Gasteiger partial charge in [0.2, 0.25) is 0 Å². The van der Waals surface area contributed by atoms with Gasteiger partial charge in [-0.25, -0.2) is 0 Å². The number of hydrogen-bond acceptors (Lipinski definition) is 2. The molecule has 0 saturated heterocycles.